The molecule has 1 amide bonds. The van der Waals surface area contributed by atoms with Gasteiger partial charge in [-0.15, -0.1) is 0 Å². The van der Waals surface area contributed by atoms with E-state index in [-0.39, 0.29) is 5.91 Å². The van der Waals surface area contributed by atoms with Gasteiger partial charge in [-0.25, -0.2) is 9.97 Å². The number of rotatable bonds is 10. The first-order valence-electron chi connectivity index (χ1n) is 9.13. The summed E-state index contributed by atoms with van der Waals surface area (Å²) in [5, 5.41) is 3.21. The van der Waals surface area contributed by atoms with Crippen LogP contribution in [0, 0.1) is 0 Å². The third-order valence-corrected chi connectivity index (χ3v) is 3.94. The van der Waals surface area contributed by atoms with Crippen molar-refractivity contribution in [1.29, 1.82) is 0 Å². The minimum absolute atomic E-state index is 0.0133. The fourth-order valence-electron chi connectivity index (χ4n) is 2.70. The molecule has 0 saturated carbocycles. The minimum Gasteiger partial charge on any atom is -0.354 e. The summed E-state index contributed by atoms with van der Waals surface area (Å²) in [4.78, 5) is 22.9. The molecule has 2 aromatic rings. The number of hydrogen-bond acceptors (Lipinski definition) is 4. The van der Waals surface area contributed by atoms with Gasteiger partial charge in [-0.2, -0.15) is 0 Å². The third kappa shape index (κ3) is 6.18. The molecule has 0 unspecified atom stereocenters. The number of aromatic nitrogens is 2. The first-order valence-corrected chi connectivity index (χ1v) is 9.13. The van der Waals surface area contributed by atoms with E-state index in [1.165, 1.54) is 5.56 Å². The molecule has 0 saturated heterocycles. The molecule has 25 heavy (non-hydrogen) atoms. The van der Waals surface area contributed by atoms with Crippen molar-refractivity contribution in [1.82, 2.24) is 14.9 Å². The molecule has 0 atom stereocenters. The molecule has 0 spiro atoms. The van der Waals surface area contributed by atoms with Gasteiger partial charge in [0.1, 0.15) is 0 Å². The normalized spacial score (nSPS) is 10.5. The largest absolute Gasteiger partial charge is 0.354 e. The van der Waals surface area contributed by atoms with E-state index < -0.39 is 0 Å². The van der Waals surface area contributed by atoms with Crippen LogP contribution in [0.4, 0.5) is 5.95 Å². The maximum atomic E-state index is 12.5. The highest BCUT2D eigenvalue weighted by Crippen LogP contribution is 2.07. The number of carbonyl (C=O) groups excluding carboxylic acids is 1. The molecule has 134 valence electrons. The van der Waals surface area contributed by atoms with E-state index in [9.17, 15) is 4.79 Å². The fourth-order valence-corrected chi connectivity index (χ4v) is 2.70. The number of nitrogens with one attached hydrogen (secondary N) is 1. The summed E-state index contributed by atoms with van der Waals surface area (Å²) < 4.78 is 0. The van der Waals surface area contributed by atoms with Gasteiger partial charge in [0.2, 0.25) is 5.95 Å². The summed E-state index contributed by atoms with van der Waals surface area (Å²) in [5.41, 5.74) is 1.88. The minimum atomic E-state index is 0.0133. The van der Waals surface area contributed by atoms with E-state index in [0.29, 0.717) is 11.5 Å². The summed E-state index contributed by atoms with van der Waals surface area (Å²) in [6.07, 6.45) is 7.17. The van der Waals surface area contributed by atoms with Gasteiger partial charge in [-0.05, 0) is 31.2 Å². The van der Waals surface area contributed by atoms with E-state index in [0.717, 1.165) is 45.3 Å². The number of amides is 1. The lowest BCUT2D eigenvalue weighted by Crippen LogP contribution is -2.32. The van der Waals surface area contributed by atoms with Gasteiger partial charge in [0, 0.05) is 32.0 Å². The summed E-state index contributed by atoms with van der Waals surface area (Å²) in [6, 6.07) is 10.4. The van der Waals surface area contributed by atoms with Crippen LogP contribution in [0.2, 0.25) is 0 Å². The zero-order valence-electron chi connectivity index (χ0n) is 15.2. The molecule has 5 nitrogen and oxygen atoms in total. The van der Waals surface area contributed by atoms with Crippen LogP contribution in [-0.2, 0) is 6.42 Å². The molecule has 5 heteroatoms. The Kier molecular flexibility index (Phi) is 7.89. The molecular weight excluding hydrogens is 312 g/mol. The van der Waals surface area contributed by atoms with Crippen LogP contribution in [0.3, 0.4) is 0 Å². The van der Waals surface area contributed by atoms with Gasteiger partial charge in [-0.1, -0.05) is 44.2 Å². The molecule has 1 aromatic carbocycles. The lowest BCUT2D eigenvalue weighted by atomic mass is 10.1. The third-order valence-electron chi connectivity index (χ3n) is 3.94. The Hall–Kier alpha value is -2.43. The topological polar surface area (TPSA) is 58.1 Å². The van der Waals surface area contributed by atoms with Crippen molar-refractivity contribution in [2.45, 2.75) is 39.5 Å². The van der Waals surface area contributed by atoms with Crippen LogP contribution < -0.4 is 5.32 Å². The average molecular weight is 340 g/mol. The SMILES string of the molecule is CCCN(CCC)C(=O)c1cnc(NCCCc2ccccc2)nc1. The highest BCUT2D eigenvalue weighted by Gasteiger charge is 2.15. The number of benzene rings is 1. The zero-order valence-corrected chi connectivity index (χ0v) is 15.2. The number of hydrogen-bond donors (Lipinski definition) is 1. The molecule has 0 radical (unpaired) electrons. The van der Waals surface area contributed by atoms with Crippen molar-refractivity contribution in [3.05, 3.63) is 53.9 Å². The zero-order chi connectivity index (χ0) is 17.9. The summed E-state index contributed by atoms with van der Waals surface area (Å²) >= 11 is 0. The lowest BCUT2D eigenvalue weighted by Gasteiger charge is -2.21. The number of nitrogens with zero attached hydrogens (tertiary/aromatic N) is 3. The van der Waals surface area contributed by atoms with Crippen LogP contribution in [-0.4, -0.2) is 40.4 Å². The van der Waals surface area contributed by atoms with Crippen LogP contribution in [0.25, 0.3) is 0 Å². The van der Waals surface area contributed by atoms with E-state index in [1.54, 1.807) is 12.4 Å². The van der Waals surface area contributed by atoms with E-state index in [1.807, 2.05) is 11.0 Å². The van der Waals surface area contributed by atoms with Gasteiger partial charge in [0.15, 0.2) is 0 Å². The van der Waals surface area contributed by atoms with Crippen LogP contribution in [0.5, 0.6) is 0 Å². The first-order chi connectivity index (χ1) is 12.2. The van der Waals surface area contributed by atoms with Gasteiger partial charge in [-0.3, -0.25) is 4.79 Å². The van der Waals surface area contributed by atoms with Crippen LogP contribution >= 0.6 is 0 Å². The number of aryl methyl sites for hydroxylation is 1. The van der Waals surface area contributed by atoms with E-state index >= 15 is 0 Å². The van der Waals surface area contributed by atoms with E-state index in [2.05, 4.69) is 53.4 Å². The molecular formula is C20H28N4O. The van der Waals surface area contributed by atoms with Crippen molar-refractivity contribution in [3.63, 3.8) is 0 Å². The Morgan fingerprint density at radius 3 is 2.28 bits per heavy atom. The second kappa shape index (κ2) is 10.4. The van der Waals surface area contributed by atoms with Crippen molar-refractivity contribution in [2.24, 2.45) is 0 Å². The summed E-state index contributed by atoms with van der Waals surface area (Å²) in [7, 11) is 0. The quantitative estimate of drug-likeness (QED) is 0.669. The molecule has 0 aliphatic carbocycles. The standard InChI is InChI=1S/C20H28N4O/c1-3-13-24(14-4-2)19(25)18-15-22-20(23-16-18)21-12-8-11-17-9-6-5-7-10-17/h5-7,9-10,15-16H,3-4,8,11-14H2,1-2H3,(H,21,22,23). The molecule has 1 heterocycles. The fraction of sp³-hybridized carbons (Fsp3) is 0.450. The molecule has 1 aromatic heterocycles. The molecule has 1 N–H and O–H groups in total. The second-order valence-electron chi connectivity index (χ2n) is 6.10. The molecule has 0 bridgehead atoms. The van der Waals surface area contributed by atoms with Crippen LogP contribution in [0.1, 0.15) is 49.0 Å². The van der Waals surface area contributed by atoms with Crippen molar-refractivity contribution >= 4 is 11.9 Å². The molecule has 0 aliphatic rings. The molecule has 2 rings (SSSR count). The Morgan fingerprint density at radius 1 is 1.04 bits per heavy atom. The summed E-state index contributed by atoms with van der Waals surface area (Å²) in [5.74, 6) is 0.585. The van der Waals surface area contributed by atoms with Crippen LogP contribution in [0.15, 0.2) is 42.7 Å². The van der Waals surface area contributed by atoms with Gasteiger partial charge >= 0.3 is 0 Å². The van der Waals surface area contributed by atoms with Gasteiger partial charge in [0.25, 0.3) is 5.91 Å². The maximum absolute atomic E-state index is 12.5. The number of anilines is 1. The summed E-state index contributed by atoms with van der Waals surface area (Å²) in [6.45, 7) is 6.50. The lowest BCUT2D eigenvalue weighted by molar-refractivity contribution is 0.0754. The highest BCUT2D eigenvalue weighted by molar-refractivity contribution is 5.93. The number of carbonyl (C=O) groups is 1. The molecule has 0 aliphatic heterocycles. The predicted octanol–water partition coefficient (Wildman–Crippen LogP) is 3.78. The first kappa shape index (κ1) is 18.9. The Labute approximate surface area is 150 Å². The van der Waals surface area contributed by atoms with Gasteiger partial charge in [0.05, 0.1) is 5.56 Å². The average Bonchev–Trinajstić information content (AvgIpc) is 2.66. The van der Waals surface area contributed by atoms with Gasteiger partial charge < -0.3 is 10.2 Å². The van der Waals surface area contributed by atoms with E-state index in [4.69, 9.17) is 0 Å². The Balaban J connectivity index is 1.81. The van der Waals surface area contributed by atoms with Crippen molar-refractivity contribution < 1.29 is 4.79 Å². The highest BCUT2D eigenvalue weighted by atomic mass is 16.2. The Bertz CT molecular complexity index is 622. The monoisotopic (exact) mass is 340 g/mol. The van der Waals surface area contributed by atoms with Crippen molar-refractivity contribution in [2.75, 3.05) is 25.0 Å². The van der Waals surface area contributed by atoms with Crippen molar-refractivity contribution in [3.8, 4) is 0 Å². The predicted molar refractivity (Wildman–Crippen MR) is 102 cm³/mol. The second-order valence-corrected chi connectivity index (χ2v) is 6.10. The molecule has 0 fully saturated rings. The Morgan fingerprint density at radius 2 is 1.68 bits per heavy atom. The maximum Gasteiger partial charge on any atom is 0.256 e. The smallest absolute Gasteiger partial charge is 0.256 e.